The molecule has 1 aliphatic heterocycles. The lowest BCUT2D eigenvalue weighted by Crippen LogP contribution is -2.41. The third kappa shape index (κ3) is 4.71. The van der Waals surface area contributed by atoms with Crippen molar-refractivity contribution in [3.63, 3.8) is 0 Å². The fourth-order valence-electron chi connectivity index (χ4n) is 3.55. The molecule has 0 aliphatic carbocycles. The van der Waals surface area contributed by atoms with Crippen molar-refractivity contribution < 1.29 is 19.7 Å². The number of likely N-dealkylation sites (tertiary alicyclic amines) is 1. The minimum Gasteiger partial charge on any atom is -0.508 e. The van der Waals surface area contributed by atoms with E-state index in [1.54, 1.807) is 6.07 Å². The van der Waals surface area contributed by atoms with Crippen LogP contribution in [0.25, 0.3) is 0 Å². The van der Waals surface area contributed by atoms with E-state index < -0.39 is 5.97 Å². The van der Waals surface area contributed by atoms with E-state index in [4.69, 9.17) is 9.84 Å². The van der Waals surface area contributed by atoms with Crippen molar-refractivity contribution in [3.8, 4) is 5.75 Å². The number of nitrogens with zero attached hydrogens (tertiary/aromatic N) is 1. The number of hydrogen-bond acceptors (Lipinski definition) is 4. The topological polar surface area (TPSA) is 70.0 Å². The maximum absolute atomic E-state index is 10.5. The Morgan fingerprint density at radius 1 is 1.29 bits per heavy atom. The highest BCUT2D eigenvalue weighted by molar-refractivity contribution is 5.66. The van der Waals surface area contributed by atoms with E-state index in [-0.39, 0.29) is 18.4 Å². The van der Waals surface area contributed by atoms with Crippen LogP contribution in [0, 0.1) is 0 Å². The zero-order chi connectivity index (χ0) is 17.6. The number of carboxylic acid groups (broad SMARTS) is 1. The van der Waals surface area contributed by atoms with Crippen LogP contribution in [-0.2, 0) is 21.4 Å². The maximum atomic E-state index is 10.5. The number of rotatable bonds is 8. The van der Waals surface area contributed by atoms with Gasteiger partial charge in [-0.3, -0.25) is 4.79 Å². The molecule has 0 atom stereocenters. The van der Waals surface area contributed by atoms with Gasteiger partial charge in [0.15, 0.2) is 0 Å². The third-order valence-corrected chi connectivity index (χ3v) is 5.12. The molecule has 0 radical (unpaired) electrons. The highest BCUT2D eigenvalue weighted by atomic mass is 16.5. The molecule has 1 saturated heterocycles. The predicted molar refractivity (Wildman–Crippen MR) is 93.6 cm³/mol. The number of phenolic OH excluding ortho intramolecular Hbond substituents is 1. The summed E-state index contributed by atoms with van der Waals surface area (Å²) < 4.78 is 5.43. The molecule has 5 nitrogen and oxygen atoms in total. The molecule has 1 heterocycles. The van der Waals surface area contributed by atoms with Gasteiger partial charge in [-0.25, -0.2) is 0 Å². The zero-order valence-electron chi connectivity index (χ0n) is 14.8. The SMILES string of the molecule is CCN1CCC(C)(c2c(O)cccc2CCOCCC(=O)O)CC1. The molecule has 24 heavy (non-hydrogen) atoms. The molecular formula is C19H29NO4. The fraction of sp³-hybridized carbons (Fsp3) is 0.632. The molecule has 1 aromatic rings. The molecule has 0 amide bonds. The van der Waals surface area contributed by atoms with Crippen LogP contribution < -0.4 is 0 Å². The third-order valence-electron chi connectivity index (χ3n) is 5.12. The summed E-state index contributed by atoms with van der Waals surface area (Å²) >= 11 is 0. The molecule has 1 aromatic carbocycles. The quantitative estimate of drug-likeness (QED) is 0.715. The number of aliphatic carboxylic acids is 1. The molecule has 1 aliphatic rings. The Kier molecular flexibility index (Phi) is 6.63. The van der Waals surface area contributed by atoms with Gasteiger partial charge in [-0.05, 0) is 55.9 Å². The second-order valence-electron chi connectivity index (χ2n) is 6.81. The Morgan fingerprint density at radius 3 is 2.62 bits per heavy atom. The first-order valence-corrected chi connectivity index (χ1v) is 8.79. The van der Waals surface area contributed by atoms with Crippen molar-refractivity contribution in [2.75, 3.05) is 32.8 Å². The van der Waals surface area contributed by atoms with Gasteiger partial charge in [0.25, 0.3) is 0 Å². The van der Waals surface area contributed by atoms with E-state index in [9.17, 15) is 9.90 Å². The Bertz CT molecular complexity index is 550. The first kappa shape index (κ1) is 18.7. The summed E-state index contributed by atoms with van der Waals surface area (Å²) in [6.07, 6.45) is 2.78. The Balaban J connectivity index is 2.05. The van der Waals surface area contributed by atoms with E-state index in [2.05, 4.69) is 18.7 Å². The molecule has 0 spiro atoms. The smallest absolute Gasteiger partial charge is 0.305 e. The fourth-order valence-corrected chi connectivity index (χ4v) is 3.55. The first-order chi connectivity index (χ1) is 11.5. The molecule has 2 N–H and O–H groups in total. The van der Waals surface area contributed by atoms with E-state index in [0.29, 0.717) is 18.8 Å². The van der Waals surface area contributed by atoms with Gasteiger partial charge in [-0.15, -0.1) is 0 Å². The maximum Gasteiger partial charge on any atom is 0.305 e. The van der Waals surface area contributed by atoms with Crippen LogP contribution in [0.15, 0.2) is 18.2 Å². The van der Waals surface area contributed by atoms with E-state index in [1.165, 1.54) is 0 Å². The van der Waals surface area contributed by atoms with Crippen LogP contribution >= 0.6 is 0 Å². The van der Waals surface area contributed by atoms with Crippen LogP contribution in [0.3, 0.4) is 0 Å². The summed E-state index contributed by atoms with van der Waals surface area (Å²) in [6.45, 7) is 8.30. The van der Waals surface area contributed by atoms with Gasteiger partial charge in [0.05, 0.1) is 19.6 Å². The van der Waals surface area contributed by atoms with Crippen molar-refractivity contribution in [2.24, 2.45) is 0 Å². The lowest BCUT2D eigenvalue weighted by Gasteiger charge is -2.40. The summed E-state index contributed by atoms with van der Waals surface area (Å²) in [5.74, 6) is -0.478. The van der Waals surface area contributed by atoms with Gasteiger partial charge >= 0.3 is 5.97 Å². The number of benzene rings is 1. The minimum atomic E-state index is -0.844. The van der Waals surface area contributed by atoms with Crippen molar-refractivity contribution in [3.05, 3.63) is 29.3 Å². The standard InChI is InChI=1S/C19H29NO4/c1-3-20-11-9-19(2,10-12-20)18-15(5-4-6-16(18)21)7-13-24-14-8-17(22)23/h4-6,21H,3,7-14H2,1-2H3,(H,22,23). The molecule has 0 unspecified atom stereocenters. The number of carboxylic acids is 1. The summed E-state index contributed by atoms with van der Waals surface area (Å²) in [4.78, 5) is 13.0. The number of phenols is 1. The van der Waals surface area contributed by atoms with Crippen LogP contribution in [0.2, 0.25) is 0 Å². The van der Waals surface area contributed by atoms with E-state index >= 15 is 0 Å². The Morgan fingerprint density at radius 2 is 2.00 bits per heavy atom. The average molecular weight is 335 g/mol. The average Bonchev–Trinajstić information content (AvgIpc) is 2.55. The van der Waals surface area contributed by atoms with Crippen LogP contribution in [0.1, 0.15) is 44.2 Å². The number of hydrogen-bond donors (Lipinski definition) is 2. The van der Waals surface area contributed by atoms with Gasteiger partial charge in [0, 0.05) is 5.56 Å². The van der Waals surface area contributed by atoms with Gasteiger partial charge in [-0.1, -0.05) is 26.0 Å². The lowest BCUT2D eigenvalue weighted by molar-refractivity contribution is -0.138. The summed E-state index contributed by atoms with van der Waals surface area (Å²) in [5, 5.41) is 19.1. The molecule has 2 rings (SSSR count). The van der Waals surface area contributed by atoms with E-state index in [0.717, 1.165) is 43.6 Å². The predicted octanol–water partition coefficient (Wildman–Crippen LogP) is 2.80. The summed E-state index contributed by atoms with van der Waals surface area (Å²) in [5.41, 5.74) is 2.13. The van der Waals surface area contributed by atoms with Crippen LogP contribution in [0.4, 0.5) is 0 Å². The molecular weight excluding hydrogens is 306 g/mol. The van der Waals surface area contributed by atoms with Gasteiger partial charge in [0.1, 0.15) is 5.75 Å². The van der Waals surface area contributed by atoms with Crippen molar-refractivity contribution in [2.45, 2.75) is 44.9 Å². The Labute approximate surface area is 144 Å². The van der Waals surface area contributed by atoms with Gasteiger partial charge in [0.2, 0.25) is 0 Å². The second-order valence-corrected chi connectivity index (χ2v) is 6.81. The van der Waals surface area contributed by atoms with Crippen molar-refractivity contribution in [1.82, 2.24) is 4.90 Å². The minimum absolute atomic E-state index is 0.0204. The van der Waals surface area contributed by atoms with Gasteiger partial charge in [-0.2, -0.15) is 0 Å². The van der Waals surface area contributed by atoms with Crippen molar-refractivity contribution in [1.29, 1.82) is 0 Å². The molecule has 0 aromatic heterocycles. The Hall–Kier alpha value is -1.59. The van der Waals surface area contributed by atoms with Crippen LogP contribution in [0.5, 0.6) is 5.75 Å². The number of aromatic hydroxyl groups is 1. The summed E-state index contributed by atoms with van der Waals surface area (Å²) in [6, 6.07) is 5.69. The lowest BCUT2D eigenvalue weighted by atomic mass is 9.72. The van der Waals surface area contributed by atoms with Crippen LogP contribution in [-0.4, -0.2) is 53.9 Å². The first-order valence-electron chi connectivity index (χ1n) is 8.79. The monoisotopic (exact) mass is 335 g/mol. The van der Waals surface area contributed by atoms with Gasteiger partial charge < -0.3 is 19.8 Å². The highest BCUT2D eigenvalue weighted by Gasteiger charge is 2.34. The molecule has 0 saturated carbocycles. The highest BCUT2D eigenvalue weighted by Crippen LogP contribution is 2.41. The van der Waals surface area contributed by atoms with E-state index in [1.807, 2.05) is 12.1 Å². The number of piperidine rings is 1. The molecule has 1 fully saturated rings. The molecule has 0 bridgehead atoms. The zero-order valence-corrected chi connectivity index (χ0v) is 14.8. The number of carbonyl (C=O) groups is 1. The largest absolute Gasteiger partial charge is 0.508 e. The van der Waals surface area contributed by atoms with Crippen molar-refractivity contribution >= 4 is 5.97 Å². The normalized spacial score (nSPS) is 17.8. The molecule has 5 heteroatoms. The summed E-state index contributed by atoms with van der Waals surface area (Å²) in [7, 11) is 0. The molecule has 134 valence electrons. The second kappa shape index (κ2) is 8.49. The number of ether oxygens (including phenoxy) is 1.